The summed E-state index contributed by atoms with van der Waals surface area (Å²) < 4.78 is 0. The van der Waals surface area contributed by atoms with Crippen LogP contribution in [-0.2, 0) is 11.3 Å². The van der Waals surface area contributed by atoms with E-state index in [1.54, 1.807) is 18.2 Å². The lowest BCUT2D eigenvalue weighted by Crippen LogP contribution is -2.50. The summed E-state index contributed by atoms with van der Waals surface area (Å²) in [5, 5.41) is 51.3. The fraction of sp³-hybridized carbons (Fsp3) is 0.409. The number of hydrogen-bond acceptors (Lipinski definition) is 7. The minimum Gasteiger partial charge on any atom is -0.394 e. The zero-order valence-corrected chi connectivity index (χ0v) is 18.8. The van der Waals surface area contributed by atoms with Crippen LogP contribution in [0, 0.1) is 0 Å². The quantitative estimate of drug-likeness (QED) is 0.344. The maximum absolute atomic E-state index is 12.2. The molecule has 1 aliphatic rings. The number of amides is 1. The summed E-state index contributed by atoms with van der Waals surface area (Å²) in [6.45, 7) is 0.641. The van der Waals surface area contributed by atoms with Gasteiger partial charge in [0.1, 0.15) is 18.3 Å². The minimum absolute atomic E-state index is 0.0206. The molecule has 2 aromatic rings. The number of hydrogen-bond donors (Lipinski definition) is 6. The minimum atomic E-state index is -2.01. The Morgan fingerprint density at radius 2 is 1.78 bits per heavy atom. The molecule has 1 heterocycles. The highest BCUT2D eigenvalue weighted by Crippen LogP contribution is 2.38. The highest BCUT2D eigenvalue weighted by Gasteiger charge is 2.34. The van der Waals surface area contributed by atoms with E-state index in [0.717, 1.165) is 23.2 Å². The number of carbonyl (C=O) groups excluding carboxylic acids is 1. The van der Waals surface area contributed by atoms with Gasteiger partial charge in [-0.1, -0.05) is 35.3 Å². The average Bonchev–Trinajstić information content (AvgIpc) is 2.77. The molecule has 0 aliphatic carbocycles. The second kappa shape index (κ2) is 10.5. The van der Waals surface area contributed by atoms with Crippen LogP contribution in [0.15, 0.2) is 36.4 Å². The Morgan fingerprint density at radius 3 is 2.41 bits per heavy atom. The van der Waals surface area contributed by atoms with Crippen molar-refractivity contribution in [3.63, 3.8) is 0 Å². The van der Waals surface area contributed by atoms with E-state index >= 15 is 0 Å². The Labute approximate surface area is 195 Å². The highest BCUT2D eigenvalue weighted by atomic mass is 35.5. The molecule has 2 aromatic carbocycles. The summed E-state index contributed by atoms with van der Waals surface area (Å²) in [5.74, 6) is -0.942. The number of halogens is 2. The molecule has 10 heteroatoms. The summed E-state index contributed by atoms with van der Waals surface area (Å²) in [6.07, 6.45) is -7.55. The fourth-order valence-electron chi connectivity index (χ4n) is 3.82. The van der Waals surface area contributed by atoms with Gasteiger partial charge in [0, 0.05) is 34.7 Å². The second-order valence-corrected chi connectivity index (χ2v) is 8.84. The molecule has 0 saturated heterocycles. The number of likely N-dealkylation sites (N-methyl/N-ethyl adjacent to an activating group) is 1. The fourth-order valence-corrected chi connectivity index (χ4v) is 4.39. The smallest absolute Gasteiger partial charge is 0.256 e. The number of carbonyl (C=O) groups is 1. The van der Waals surface area contributed by atoms with Gasteiger partial charge in [-0.3, -0.25) is 4.79 Å². The van der Waals surface area contributed by atoms with Gasteiger partial charge in [-0.2, -0.15) is 0 Å². The molecule has 8 nitrogen and oxygen atoms in total. The van der Waals surface area contributed by atoms with Crippen molar-refractivity contribution in [3.8, 4) is 0 Å². The maximum atomic E-state index is 12.2. The van der Waals surface area contributed by atoms with Gasteiger partial charge in [0.15, 0.2) is 6.10 Å². The number of aliphatic hydroxyl groups excluding tert-OH is 5. The largest absolute Gasteiger partial charge is 0.394 e. The van der Waals surface area contributed by atoms with E-state index in [1.807, 2.05) is 25.2 Å². The first-order valence-electron chi connectivity index (χ1n) is 10.0. The third-order valence-corrected chi connectivity index (χ3v) is 6.15. The molecule has 6 N–H and O–H groups in total. The van der Waals surface area contributed by atoms with Crippen LogP contribution in [0.2, 0.25) is 10.0 Å². The zero-order chi connectivity index (χ0) is 23.6. The van der Waals surface area contributed by atoms with Crippen LogP contribution in [0.3, 0.4) is 0 Å². The Morgan fingerprint density at radius 1 is 1.12 bits per heavy atom. The number of anilines is 1. The zero-order valence-electron chi connectivity index (χ0n) is 17.3. The third-order valence-electron chi connectivity index (χ3n) is 5.60. The van der Waals surface area contributed by atoms with Crippen LogP contribution >= 0.6 is 23.2 Å². The van der Waals surface area contributed by atoms with Crippen LogP contribution in [-0.4, -0.2) is 81.0 Å². The first-order chi connectivity index (χ1) is 15.1. The van der Waals surface area contributed by atoms with E-state index in [4.69, 9.17) is 28.3 Å². The van der Waals surface area contributed by atoms with Crippen LogP contribution in [0.5, 0.6) is 0 Å². The monoisotopic (exact) mass is 484 g/mol. The van der Waals surface area contributed by atoms with Crippen molar-refractivity contribution in [2.24, 2.45) is 0 Å². The van der Waals surface area contributed by atoms with E-state index in [1.165, 1.54) is 0 Å². The van der Waals surface area contributed by atoms with Gasteiger partial charge in [0.2, 0.25) is 0 Å². The lowest BCUT2D eigenvalue weighted by atomic mass is 9.84. The molecule has 0 fully saturated rings. The van der Waals surface area contributed by atoms with Crippen LogP contribution in [0.1, 0.15) is 22.6 Å². The summed E-state index contributed by atoms with van der Waals surface area (Å²) in [6, 6.07) is 10.6. The molecule has 1 aliphatic heterocycles. The molecular formula is C22H26Cl2N2O6. The Hall–Kier alpha value is -1.75. The van der Waals surface area contributed by atoms with E-state index in [0.29, 0.717) is 22.3 Å². The van der Waals surface area contributed by atoms with E-state index in [9.17, 15) is 25.2 Å². The molecular weight excluding hydrogens is 459 g/mol. The molecule has 3 rings (SSSR count). The van der Waals surface area contributed by atoms with Gasteiger partial charge in [0.25, 0.3) is 5.91 Å². The molecule has 0 bridgehead atoms. The van der Waals surface area contributed by atoms with E-state index < -0.39 is 36.9 Å². The van der Waals surface area contributed by atoms with Gasteiger partial charge in [-0.15, -0.1) is 0 Å². The lowest BCUT2D eigenvalue weighted by Gasteiger charge is -2.33. The Balaban J connectivity index is 1.74. The number of nitrogens with one attached hydrogen (secondary N) is 1. The van der Waals surface area contributed by atoms with Crippen molar-refractivity contribution in [1.82, 2.24) is 4.90 Å². The van der Waals surface area contributed by atoms with Crippen LogP contribution < -0.4 is 5.32 Å². The van der Waals surface area contributed by atoms with Crippen molar-refractivity contribution in [2.75, 3.05) is 25.5 Å². The molecule has 174 valence electrons. The molecule has 32 heavy (non-hydrogen) atoms. The first-order valence-corrected chi connectivity index (χ1v) is 10.8. The Bertz CT molecular complexity index is 958. The van der Waals surface area contributed by atoms with E-state index in [-0.39, 0.29) is 5.92 Å². The van der Waals surface area contributed by atoms with Crippen LogP contribution in [0.25, 0.3) is 0 Å². The molecule has 1 amide bonds. The molecule has 0 radical (unpaired) electrons. The predicted molar refractivity (Wildman–Crippen MR) is 121 cm³/mol. The number of benzene rings is 2. The SMILES string of the molecule is CN1Cc2c(Cl)cc(Cl)cc2C(c2ccc(NC(=O)C(O)C(O)C(O)C(O)CO)cc2)C1. The van der Waals surface area contributed by atoms with Crippen molar-refractivity contribution >= 4 is 34.8 Å². The second-order valence-electron chi connectivity index (χ2n) is 7.99. The summed E-state index contributed by atoms with van der Waals surface area (Å²) in [5.41, 5.74) is 3.42. The molecule has 5 atom stereocenters. The molecule has 0 spiro atoms. The number of rotatable bonds is 7. The molecule has 5 unspecified atom stereocenters. The van der Waals surface area contributed by atoms with Gasteiger partial charge >= 0.3 is 0 Å². The van der Waals surface area contributed by atoms with Gasteiger partial charge in [-0.05, 0) is 48.0 Å². The predicted octanol–water partition coefficient (Wildman–Crippen LogP) is 0.945. The Kier molecular flexibility index (Phi) is 8.13. The first kappa shape index (κ1) is 24.9. The topological polar surface area (TPSA) is 133 Å². The van der Waals surface area contributed by atoms with E-state index in [2.05, 4.69) is 10.2 Å². The highest BCUT2D eigenvalue weighted by molar-refractivity contribution is 6.35. The normalized spacial score (nSPS) is 20.2. The number of nitrogens with zero attached hydrogens (tertiary/aromatic N) is 1. The summed E-state index contributed by atoms with van der Waals surface area (Å²) in [7, 11) is 2.00. The summed E-state index contributed by atoms with van der Waals surface area (Å²) >= 11 is 12.6. The standard InChI is InChI=1S/C22H26Cl2N2O6/c1-26-8-15(14-6-12(23)7-17(24)16(14)9-26)11-2-4-13(5-3-11)25-22(32)21(31)20(30)19(29)18(28)10-27/h2-7,15,18-21,27-31H,8-10H2,1H3,(H,25,32). The maximum Gasteiger partial charge on any atom is 0.256 e. The number of aliphatic hydroxyl groups is 5. The van der Waals surface area contributed by atoms with Crippen molar-refractivity contribution in [3.05, 3.63) is 63.1 Å². The molecule has 0 aromatic heterocycles. The average molecular weight is 485 g/mol. The van der Waals surface area contributed by atoms with Gasteiger partial charge in [0.05, 0.1) is 6.61 Å². The van der Waals surface area contributed by atoms with Gasteiger partial charge < -0.3 is 35.7 Å². The third kappa shape index (κ3) is 5.41. The molecule has 0 saturated carbocycles. The van der Waals surface area contributed by atoms with Crippen molar-refractivity contribution < 1.29 is 30.3 Å². The lowest BCUT2D eigenvalue weighted by molar-refractivity contribution is -0.144. The van der Waals surface area contributed by atoms with Crippen LogP contribution in [0.4, 0.5) is 5.69 Å². The van der Waals surface area contributed by atoms with Crippen molar-refractivity contribution in [2.45, 2.75) is 36.9 Å². The summed E-state index contributed by atoms with van der Waals surface area (Å²) in [4.78, 5) is 14.4. The van der Waals surface area contributed by atoms with Gasteiger partial charge in [-0.25, -0.2) is 0 Å². The number of fused-ring (bicyclic) bond motifs is 1. The van der Waals surface area contributed by atoms with Crippen molar-refractivity contribution in [1.29, 1.82) is 0 Å².